The molecule has 1 aromatic carbocycles. The highest BCUT2D eigenvalue weighted by Crippen LogP contribution is 2.23. The molecular formula is C13H14N4OS. The Morgan fingerprint density at radius 2 is 2.16 bits per heavy atom. The van der Waals surface area contributed by atoms with Crippen LogP contribution >= 0.6 is 11.8 Å². The number of benzene rings is 1. The predicted octanol–water partition coefficient (Wildman–Crippen LogP) is 1.56. The van der Waals surface area contributed by atoms with Gasteiger partial charge in [0.05, 0.1) is 11.3 Å². The lowest BCUT2D eigenvalue weighted by Crippen LogP contribution is -2.30. The predicted molar refractivity (Wildman–Crippen MR) is 76.3 cm³/mol. The Bertz CT molecular complexity index is 571. The van der Waals surface area contributed by atoms with E-state index in [2.05, 4.69) is 10.4 Å². The number of nitrogen functional groups attached to an aromatic ring is 2. The van der Waals surface area contributed by atoms with Crippen molar-refractivity contribution in [3.05, 3.63) is 53.9 Å². The summed E-state index contributed by atoms with van der Waals surface area (Å²) in [5.41, 5.74) is 9.86. The van der Waals surface area contributed by atoms with Crippen molar-refractivity contribution in [2.75, 3.05) is 5.73 Å². The molecule has 0 aliphatic rings. The van der Waals surface area contributed by atoms with Gasteiger partial charge in [-0.1, -0.05) is 6.07 Å². The number of rotatable bonds is 4. The third kappa shape index (κ3) is 3.70. The lowest BCUT2D eigenvalue weighted by molar-refractivity contribution is 0.0953. The fourth-order valence-electron chi connectivity index (χ4n) is 1.49. The number of amides is 1. The van der Waals surface area contributed by atoms with Gasteiger partial charge in [-0.25, -0.2) is 5.84 Å². The van der Waals surface area contributed by atoms with E-state index in [1.54, 1.807) is 17.8 Å². The summed E-state index contributed by atoms with van der Waals surface area (Å²) in [4.78, 5) is 16.6. The van der Waals surface area contributed by atoms with E-state index < -0.39 is 0 Å². The molecule has 98 valence electrons. The Labute approximate surface area is 115 Å². The topological polar surface area (TPSA) is 94.0 Å². The SMILES string of the molecule is NNC(=O)c1ccc(CSc2cccc(N)c2)nc1. The Hall–Kier alpha value is -2.05. The quantitative estimate of drug-likeness (QED) is 0.258. The van der Waals surface area contributed by atoms with Gasteiger partial charge in [-0.2, -0.15) is 0 Å². The molecule has 1 aromatic heterocycles. The summed E-state index contributed by atoms with van der Waals surface area (Å²) in [6, 6.07) is 11.2. The molecule has 0 saturated heterocycles. The third-order valence-electron chi connectivity index (χ3n) is 2.46. The molecule has 0 radical (unpaired) electrons. The first-order valence-electron chi connectivity index (χ1n) is 5.63. The second-order valence-corrected chi connectivity index (χ2v) is 4.92. The fourth-order valence-corrected chi connectivity index (χ4v) is 2.37. The molecule has 0 aliphatic heterocycles. The van der Waals surface area contributed by atoms with Crippen molar-refractivity contribution in [3.63, 3.8) is 0 Å². The Balaban J connectivity index is 1.98. The van der Waals surface area contributed by atoms with Crippen LogP contribution in [0.5, 0.6) is 0 Å². The number of hydrogen-bond donors (Lipinski definition) is 3. The van der Waals surface area contributed by atoms with Crippen molar-refractivity contribution in [1.82, 2.24) is 10.4 Å². The van der Waals surface area contributed by atoms with Crippen LogP contribution < -0.4 is 17.0 Å². The monoisotopic (exact) mass is 274 g/mol. The number of aromatic nitrogens is 1. The van der Waals surface area contributed by atoms with Crippen molar-refractivity contribution in [2.45, 2.75) is 10.6 Å². The first-order valence-corrected chi connectivity index (χ1v) is 6.62. The van der Waals surface area contributed by atoms with Crippen LogP contribution in [0, 0.1) is 0 Å². The van der Waals surface area contributed by atoms with Crippen LogP contribution in [0.1, 0.15) is 16.1 Å². The van der Waals surface area contributed by atoms with Gasteiger partial charge in [-0.3, -0.25) is 15.2 Å². The number of anilines is 1. The Morgan fingerprint density at radius 3 is 2.79 bits per heavy atom. The van der Waals surface area contributed by atoms with Crippen molar-refractivity contribution in [3.8, 4) is 0 Å². The molecule has 0 fully saturated rings. The van der Waals surface area contributed by atoms with Crippen molar-refractivity contribution < 1.29 is 4.79 Å². The normalized spacial score (nSPS) is 10.2. The number of nitrogens with zero attached hydrogens (tertiary/aromatic N) is 1. The zero-order valence-corrected chi connectivity index (χ0v) is 11.0. The van der Waals surface area contributed by atoms with E-state index in [4.69, 9.17) is 11.6 Å². The molecular weight excluding hydrogens is 260 g/mol. The van der Waals surface area contributed by atoms with Crippen LogP contribution in [-0.2, 0) is 5.75 Å². The second kappa shape index (κ2) is 6.21. The van der Waals surface area contributed by atoms with Crippen LogP contribution in [0.4, 0.5) is 5.69 Å². The molecule has 0 aliphatic carbocycles. The zero-order valence-electron chi connectivity index (χ0n) is 10.2. The molecule has 0 atom stereocenters. The van der Waals surface area contributed by atoms with Gasteiger partial charge in [-0.05, 0) is 30.3 Å². The summed E-state index contributed by atoms with van der Waals surface area (Å²) in [5, 5.41) is 0. The Kier molecular flexibility index (Phi) is 4.38. The molecule has 1 amide bonds. The maximum absolute atomic E-state index is 11.2. The van der Waals surface area contributed by atoms with Crippen LogP contribution in [0.3, 0.4) is 0 Å². The zero-order chi connectivity index (χ0) is 13.7. The Morgan fingerprint density at radius 1 is 1.32 bits per heavy atom. The largest absolute Gasteiger partial charge is 0.399 e. The molecule has 0 spiro atoms. The number of hydrazine groups is 1. The summed E-state index contributed by atoms with van der Waals surface area (Å²) >= 11 is 1.64. The van der Waals surface area contributed by atoms with Crippen molar-refractivity contribution >= 4 is 23.4 Å². The molecule has 2 aromatic rings. The van der Waals surface area contributed by atoms with Gasteiger partial charge in [0.2, 0.25) is 0 Å². The maximum atomic E-state index is 11.2. The number of nitrogens with two attached hydrogens (primary N) is 2. The van der Waals surface area contributed by atoms with Gasteiger partial charge in [0.25, 0.3) is 5.91 Å². The van der Waals surface area contributed by atoms with Gasteiger partial charge in [0, 0.05) is 22.5 Å². The minimum absolute atomic E-state index is 0.345. The van der Waals surface area contributed by atoms with E-state index >= 15 is 0 Å². The first kappa shape index (κ1) is 13.4. The lowest BCUT2D eigenvalue weighted by atomic mass is 10.2. The number of pyridine rings is 1. The summed E-state index contributed by atoms with van der Waals surface area (Å²) < 4.78 is 0. The fraction of sp³-hybridized carbons (Fsp3) is 0.0769. The number of hydrogen-bond acceptors (Lipinski definition) is 5. The van der Waals surface area contributed by atoms with E-state index in [9.17, 15) is 4.79 Å². The average Bonchev–Trinajstić information content (AvgIpc) is 2.45. The van der Waals surface area contributed by atoms with Crippen molar-refractivity contribution in [1.29, 1.82) is 0 Å². The van der Waals surface area contributed by atoms with Crippen LogP contribution in [-0.4, -0.2) is 10.9 Å². The van der Waals surface area contributed by atoms with Gasteiger partial charge in [-0.15, -0.1) is 11.8 Å². The van der Waals surface area contributed by atoms with Crippen LogP contribution in [0.25, 0.3) is 0 Å². The standard InChI is InChI=1S/C13H14N4OS/c14-10-2-1-3-12(6-10)19-8-11-5-4-9(7-16-11)13(18)17-15/h1-7H,8,14-15H2,(H,17,18). The van der Waals surface area contributed by atoms with E-state index in [-0.39, 0.29) is 5.91 Å². The highest BCUT2D eigenvalue weighted by Gasteiger charge is 2.04. The molecule has 1 heterocycles. The average molecular weight is 274 g/mol. The summed E-state index contributed by atoms with van der Waals surface area (Å²) in [7, 11) is 0. The molecule has 0 saturated carbocycles. The van der Waals surface area contributed by atoms with Gasteiger partial charge in [0.15, 0.2) is 0 Å². The first-order chi connectivity index (χ1) is 9.19. The summed E-state index contributed by atoms with van der Waals surface area (Å²) in [6.45, 7) is 0. The maximum Gasteiger partial charge on any atom is 0.266 e. The second-order valence-electron chi connectivity index (χ2n) is 3.87. The molecule has 2 rings (SSSR count). The molecule has 5 nitrogen and oxygen atoms in total. The van der Waals surface area contributed by atoms with Gasteiger partial charge >= 0.3 is 0 Å². The minimum Gasteiger partial charge on any atom is -0.399 e. The van der Waals surface area contributed by atoms with Gasteiger partial charge in [0.1, 0.15) is 0 Å². The van der Waals surface area contributed by atoms with E-state index in [1.165, 1.54) is 6.20 Å². The molecule has 6 heteroatoms. The summed E-state index contributed by atoms with van der Waals surface area (Å²) in [6.07, 6.45) is 1.51. The molecule has 5 N–H and O–H groups in total. The summed E-state index contributed by atoms with van der Waals surface area (Å²) in [5.74, 6) is 5.42. The van der Waals surface area contributed by atoms with Crippen LogP contribution in [0.15, 0.2) is 47.5 Å². The van der Waals surface area contributed by atoms with Crippen molar-refractivity contribution in [2.24, 2.45) is 5.84 Å². The molecule has 19 heavy (non-hydrogen) atoms. The number of carbonyl (C=O) groups is 1. The highest BCUT2D eigenvalue weighted by atomic mass is 32.2. The number of thioether (sulfide) groups is 1. The van der Waals surface area contributed by atoms with Gasteiger partial charge < -0.3 is 5.73 Å². The number of nitrogens with one attached hydrogen (secondary N) is 1. The minimum atomic E-state index is -0.345. The number of carbonyl (C=O) groups excluding carboxylic acids is 1. The van der Waals surface area contributed by atoms with E-state index in [0.717, 1.165) is 16.3 Å². The van der Waals surface area contributed by atoms with Crippen LogP contribution in [0.2, 0.25) is 0 Å². The highest BCUT2D eigenvalue weighted by molar-refractivity contribution is 7.98. The van der Waals surface area contributed by atoms with E-state index in [1.807, 2.05) is 30.3 Å². The lowest BCUT2D eigenvalue weighted by Gasteiger charge is -2.03. The third-order valence-corrected chi connectivity index (χ3v) is 3.49. The smallest absolute Gasteiger partial charge is 0.266 e. The molecule has 0 bridgehead atoms. The van der Waals surface area contributed by atoms with E-state index in [0.29, 0.717) is 11.3 Å². The molecule has 0 unspecified atom stereocenters.